The zero-order valence-corrected chi connectivity index (χ0v) is 18.3. The van der Waals surface area contributed by atoms with Gasteiger partial charge in [0.15, 0.2) is 0 Å². The molecule has 0 N–H and O–H groups in total. The number of ether oxygens (including phenoxy) is 1. The van der Waals surface area contributed by atoms with Crippen molar-refractivity contribution in [2.75, 3.05) is 27.2 Å². The fraction of sp³-hybridized carbons (Fsp3) is 0.304. The summed E-state index contributed by atoms with van der Waals surface area (Å²) in [5.74, 6) is 0.317. The zero-order valence-electron chi connectivity index (χ0n) is 17.5. The van der Waals surface area contributed by atoms with Gasteiger partial charge in [-0.3, -0.25) is 4.79 Å². The first kappa shape index (κ1) is 21.9. The Balaban J connectivity index is 1.66. The molecule has 3 aromatic rings. The van der Waals surface area contributed by atoms with Crippen LogP contribution < -0.4 is 4.74 Å². The summed E-state index contributed by atoms with van der Waals surface area (Å²) < 4.78 is 19.0. The van der Waals surface area contributed by atoms with Crippen LogP contribution in [-0.2, 0) is 13.2 Å². The minimum atomic E-state index is -0.357. The molecule has 0 atom stereocenters. The van der Waals surface area contributed by atoms with Crippen molar-refractivity contribution in [2.24, 2.45) is 0 Å². The maximum atomic E-state index is 13.2. The monoisotopic (exact) mass is 427 g/mol. The predicted molar refractivity (Wildman–Crippen MR) is 117 cm³/mol. The molecular formula is C23H26FN3O2S. The van der Waals surface area contributed by atoms with E-state index in [0.717, 1.165) is 28.6 Å². The van der Waals surface area contributed by atoms with E-state index in [1.54, 1.807) is 4.90 Å². The molecule has 0 radical (unpaired) electrons. The highest BCUT2D eigenvalue weighted by molar-refractivity contribution is 7.09. The summed E-state index contributed by atoms with van der Waals surface area (Å²) in [5.41, 5.74) is 2.42. The molecule has 1 aromatic heterocycles. The molecular weight excluding hydrogens is 401 g/mol. The van der Waals surface area contributed by atoms with E-state index in [2.05, 4.69) is 4.98 Å². The molecule has 0 aliphatic rings. The molecule has 0 spiro atoms. The molecule has 2 aromatic carbocycles. The minimum Gasteiger partial charge on any atom is -0.486 e. The number of hydrogen-bond donors (Lipinski definition) is 0. The lowest BCUT2D eigenvalue weighted by Crippen LogP contribution is -2.36. The summed E-state index contributed by atoms with van der Waals surface area (Å²) in [7, 11) is 3.92. The quantitative estimate of drug-likeness (QED) is 0.509. The van der Waals surface area contributed by atoms with Crippen LogP contribution in [0.4, 0.5) is 4.39 Å². The topological polar surface area (TPSA) is 45.7 Å². The average molecular weight is 428 g/mol. The number of amides is 1. The van der Waals surface area contributed by atoms with Crippen molar-refractivity contribution in [3.05, 3.63) is 81.6 Å². The average Bonchev–Trinajstić information content (AvgIpc) is 3.17. The zero-order chi connectivity index (χ0) is 21.5. The molecule has 0 saturated heterocycles. The van der Waals surface area contributed by atoms with Gasteiger partial charge in [-0.1, -0.05) is 12.1 Å². The van der Waals surface area contributed by atoms with E-state index in [4.69, 9.17) is 4.74 Å². The number of rotatable bonds is 9. The highest BCUT2D eigenvalue weighted by Crippen LogP contribution is 2.18. The maximum absolute atomic E-state index is 13.2. The number of benzene rings is 2. The Morgan fingerprint density at radius 3 is 2.60 bits per heavy atom. The van der Waals surface area contributed by atoms with Crippen LogP contribution in [0.3, 0.4) is 0 Å². The van der Waals surface area contributed by atoms with Gasteiger partial charge in [0.1, 0.15) is 23.2 Å². The molecule has 0 unspecified atom stereocenters. The Hall–Kier alpha value is -2.77. The fourth-order valence-electron chi connectivity index (χ4n) is 2.88. The number of aryl methyl sites for hydroxylation is 1. The third kappa shape index (κ3) is 6.37. The van der Waals surface area contributed by atoms with Crippen molar-refractivity contribution in [2.45, 2.75) is 20.1 Å². The number of aromatic nitrogens is 1. The third-order valence-electron chi connectivity index (χ3n) is 4.50. The van der Waals surface area contributed by atoms with Crippen LogP contribution in [0.1, 0.15) is 26.6 Å². The van der Waals surface area contributed by atoms with Crippen LogP contribution in [0.5, 0.6) is 5.75 Å². The molecule has 1 amide bonds. The smallest absolute Gasteiger partial charge is 0.254 e. The largest absolute Gasteiger partial charge is 0.486 e. The first-order valence-electron chi connectivity index (χ1n) is 9.73. The van der Waals surface area contributed by atoms with E-state index < -0.39 is 0 Å². The van der Waals surface area contributed by atoms with E-state index >= 15 is 0 Å². The van der Waals surface area contributed by atoms with Crippen molar-refractivity contribution in [3.8, 4) is 5.75 Å². The third-order valence-corrected chi connectivity index (χ3v) is 5.37. The van der Waals surface area contributed by atoms with E-state index in [0.29, 0.717) is 25.3 Å². The van der Waals surface area contributed by atoms with Gasteiger partial charge in [-0.2, -0.15) is 0 Å². The molecule has 0 aliphatic heterocycles. The van der Waals surface area contributed by atoms with E-state index in [1.807, 2.05) is 55.6 Å². The lowest BCUT2D eigenvalue weighted by molar-refractivity contribution is 0.0730. The van der Waals surface area contributed by atoms with Crippen molar-refractivity contribution in [3.63, 3.8) is 0 Å². The first-order chi connectivity index (χ1) is 14.4. The second-order valence-corrected chi connectivity index (χ2v) is 8.32. The summed E-state index contributed by atoms with van der Waals surface area (Å²) >= 11 is 1.51. The molecule has 7 heteroatoms. The lowest BCUT2D eigenvalue weighted by Gasteiger charge is -2.24. The van der Waals surface area contributed by atoms with Gasteiger partial charge in [0.25, 0.3) is 5.91 Å². The van der Waals surface area contributed by atoms with Crippen LogP contribution in [-0.4, -0.2) is 47.9 Å². The van der Waals surface area contributed by atoms with Gasteiger partial charge in [-0.05, 0) is 63.0 Å². The maximum Gasteiger partial charge on any atom is 0.254 e. The van der Waals surface area contributed by atoms with Crippen LogP contribution >= 0.6 is 11.3 Å². The number of hydrogen-bond acceptors (Lipinski definition) is 5. The number of carbonyl (C=O) groups excluding carboxylic acids is 1. The number of thiazole rings is 1. The van der Waals surface area contributed by atoms with E-state index in [-0.39, 0.29) is 11.7 Å². The summed E-state index contributed by atoms with van der Waals surface area (Å²) in [6, 6.07) is 13.5. The highest BCUT2D eigenvalue weighted by atomic mass is 32.1. The molecule has 1 heterocycles. The first-order valence-corrected chi connectivity index (χ1v) is 10.6. The molecule has 0 aliphatic carbocycles. The van der Waals surface area contributed by atoms with Crippen molar-refractivity contribution < 1.29 is 13.9 Å². The summed E-state index contributed by atoms with van der Waals surface area (Å²) in [6.07, 6.45) is 0. The SMILES string of the molecule is Cc1cccc(OCc2nc(CN(CCN(C)C)C(=O)c3ccc(F)cc3)cs2)c1. The normalized spacial score (nSPS) is 11.0. The van der Waals surface area contributed by atoms with Crippen LogP contribution in [0.15, 0.2) is 53.9 Å². The Bertz CT molecular complexity index is 973. The molecule has 158 valence electrons. The van der Waals surface area contributed by atoms with Gasteiger partial charge in [0, 0.05) is 24.0 Å². The number of likely N-dealkylation sites (N-methyl/N-ethyl adjacent to an activating group) is 1. The van der Waals surface area contributed by atoms with Crippen LogP contribution in [0, 0.1) is 12.7 Å². The fourth-order valence-corrected chi connectivity index (χ4v) is 3.58. The molecule has 0 bridgehead atoms. The molecule has 30 heavy (non-hydrogen) atoms. The predicted octanol–water partition coefficient (Wildman–Crippen LogP) is 4.37. The van der Waals surface area contributed by atoms with Gasteiger partial charge < -0.3 is 14.5 Å². The molecule has 0 saturated carbocycles. The van der Waals surface area contributed by atoms with Gasteiger partial charge >= 0.3 is 0 Å². The Labute approximate surface area is 180 Å². The minimum absolute atomic E-state index is 0.137. The van der Waals surface area contributed by atoms with Crippen LogP contribution in [0.2, 0.25) is 0 Å². The van der Waals surface area contributed by atoms with E-state index in [9.17, 15) is 9.18 Å². The Kier molecular flexibility index (Phi) is 7.54. The Morgan fingerprint density at radius 1 is 1.13 bits per heavy atom. The van der Waals surface area contributed by atoms with Crippen LogP contribution in [0.25, 0.3) is 0 Å². The Morgan fingerprint density at radius 2 is 1.90 bits per heavy atom. The second kappa shape index (κ2) is 10.3. The molecule has 3 rings (SSSR count). The number of carbonyl (C=O) groups is 1. The van der Waals surface area contributed by atoms with Gasteiger partial charge in [0.05, 0.1) is 12.2 Å². The summed E-state index contributed by atoms with van der Waals surface area (Å²) in [6.45, 7) is 4.08. The summed E-state index contributed by atoms with van der Waals surface area (Å²) in [4.78, 5) is 21.4. The molecule has 0 fully saturated rings. The second-order valence-electron chi connectivity index (χ2n) is 7.37. The van der Waals surface area contributed by atoms with E-state index in [1.165, 1.54) is 35.6 Å². The number of nitrogens with zero attached hydrogens (tertiary/aromatic N) is 3. The van der Waals surface area contributed by atoms with Gasteiger partial charge in [-0.25, -0.2) is 9.37 Å². The van der Waals surface area contributed by atoms with Gasteiger partial charge in [-0.15, -0.1) is 11.3 Å². The highest BCUT2D eigenvalue weighted by Gasteiger charge is 2.18. The standard InChI is InChI=1S/C23H26FN3O2S/c1-17-5-4-6-21(13-17)29-15-22-25-20(16-30-22)14-27(12-11-26(2)3)23(28)18-7-9-19(24)10-8-18/h4-10,13,16H,11-12,14-15H2,1-3H3. The lowest BCUT2D eigenvalue weighted by atomic mass is 10.2. The van der Waals surface area contributed by atoms with Crippen molar-refractivity contribution in [1.29, 1.82) is 0 Å². The summed E-state index contributed by atoms with van der Waals surface area (Å²) in [5, 5.41) is 2.81. The number of halogens is 1. The van der Waals surface area contributed by atoms with Crippen molar-refractivity contribution in [1.82, 2.24) is 14.8 Å². The van der Waals surface area contributed by atoms with Crippen molar-refractivity contribution >= 4 is 17.2 Å². The molecule has 5 nitrogen and oxygen atoms in total. The van der Waals surface area contributed by atoms with Gasteiger partial charge in [0.2, 0.25) is 0 Å².